The van der Waals surface area contributed by atoms with Crippen LogP contribution in [0, 0.1) is 0 Å². The van der Waals surface area contributed by atoms with Crippen molar-refractivity contribution in [2.45, 2.75) is 19.1 Å². The van der Waals surface area contributed by atoms with Gasteiger partial charge in [0, 0.05) is 24.7 Å². The third-order valence-electron chi connectivity index (χ3n) is 5.13. The van der Waals surface area contributed by atoms with Crippen molar-refractivity contribution in [3.05, 3.63) is 88.9 Å². The summed E-state index contributed by atoms with van der Waals surface area (Å²) in [6, 6.07) is 24.2. The number of rotatable bonds is 6. The fourth-order valence-electron chi connectivity index (χ4n) is 3.66. The van der Waals surface area contributed by atoms with Crippen LogP contribution in [-0.2, 0) is 13.0 Å². The molecule has 4 heteroatoms. The van der Waals surface area contributed by atoms with E-state index in [-0.39, 0.29) is 6.61 Å². The summed E-state index contributed by atoms with van der Waals surface area (Å²) >= 11 is 5.97. The Morgan fingerprint density at radius 3 is 2.54 bits per heavy atom. The summed E-state index contributed by atoms with van der Waals surface area (Å²) in [7, 11) is 0. The molecule has 0 saturated heterocycles. The summed E-state index contributed by atoms with van der Waals surface area (Å²) in [5.74, 6) is 0.760. The maximum Gasteiger partial charge on any atom is 0.120 e. The molecular weight excluding hydrogens is 370 g/mol. The van der Waals surface area contributed by atoms with Gasteiger partial charge in [0.1, 0.15) is 18.5 Å². The molecule has 0 saturated carbocycles. The molecule has 0 aromatic heterocycles. The predicted molar refractivity (Wildman–Crippen MR) is 114 cm³/mol. The molecule has 3 nitrogen and oxygen atoms in total. The van der Waals surface area contributed by atoms with Crippen molar-refractivity contribution in [3.8, 4) is 16.9 Å². The maximum absolute atomic E-state index is 10.4. The first-order chi connectivity index (χ1) is 13.7. The fraction of sp³-hybridized carbons (Fsp3) is 0.250. The van der Waals surface area contributed by atoms with Gasteiger partial charge in [-0.1, -0.05) is 60.1 Å². The summed E-state index contributed by atoms with van der Waals surface area (Å²) in [6.45, 7) is 2.76. The molecule has 144 valence electrons. The molecule has 3 aromatic carbocycles. The van der Waals surface area contributed by atoms with Crippen molar-refractivity contribution in [3.63, 3.8) is 0 Å². The Hall–Kier alpha value is -2.33. The monoisotopic (exact) mass is 393 g/mol. The second-order valence-electron chi connectivity index (χ2n) is 7.25. The van der Waals surface area contributed by atoms with Crippen LogP contribution in [0.5, 0.6) is 5.75 Å². The number of hydrogen-bond donors (Lipinski definition) is 1. The second-order valence-corrected chi connectivity index (χ2v) is 7.69. The van der Waals surface area contributed by atoms with E-state index in [1.54, 1.807) is 0 Å². The molecule has 28 heavy (non-hydrogen) atoms. The molecule has 0 bridgehead atoms. The molecule has 1 heterocycles. The Balaban J connectivity index is 1.32. The lowest BCUT2D eigenvalue weighted by Crippen LogP contribution is -2.38. The van der Waals surface area contributed by atoms with E-state index >= 15 is 0 Å². The first-order valence-corrected chi connectivity index (χ1v) is 10.0. The number of aliphatic hydroxyl groups is 1. The number of nitrogens with zero attached hydrogens (tertiary/aromatic N) is 1. The maximum atomic E-state index is 10.4. The first-order valence-electron chi connectivity index (χ1n) is 9.63. The van der Waals surface area contributed by atoms with Crippen LogP contribution in [0.15, 0.2) is 72.8 Å². The molecule has 1 aliphatic heterocycles. The van der Waals surface area contributed by atoms with Crippen LogP contribution in [0.4, 0.5) is 0 Å². The lowest BCUT2D eigenvalue weighted by atomic mass is 10.00. The van der Waals surface area contributed by atoms with Crippen LogP contribution in [0.3, 0.4) is 0 Å². The molecule has 1 N–H and O–H groups in total. The minimum absolute atomic E-state index is 0.280. The van der Waals surface area contributed by atoms with E-state index in [0.29, 0.717) is 6.54 Å². The van der Waals surface area contributed by atoms with Gasteiger partial charge in [-0.2, -0.15) is 0 Å². The van der Waals surface area contributed by atoms with E-state index < -0.39 is 6.10 Å². The minimum atomic E-state index is -0.524. The summed E-state index contributed by atoms with van der Waals surface area (Å²) in [6.07, 6.45) is 0.511. The van der Waals surface area contributed by atoms with Crippen LogP contribution >= 0.6 is 11.6 Å². The highest BCUT2D eigenvalue weighted by Gasteiger charge is 2.18. The first kappa shape index (κ1) is 19.0. The molecule has 0 spiro atoms. The summed E-state index contributed by atoms with van der Waals surface area (Å²) in [4.78, 5) is 2.29. The highest BCUT2D eigenvalue weighted by molar-refractivity contribution is 6.30. The molecule has 0 aliphatic carbocycles. The van der Waals surface area contributed by atoms with Gasteiger partial charge >= 0.3 is 0 Å². The lowest BCUT2D eigenvalue weighted by Gasteiger charge is -2.30. The molecule has 0 radical (unpaired) electrons. The highest BCUT2D eigenvalue weighted by Crippen LogP contribution is 2.25. The van der Waals surface area contributed by atoms with Crippen molar-refractivity contribution in [2.75, 3.05) is 19.7 Å². The lowest BCUT2D eigenvalue weighted by molar-refractivity contribution is 0.0638. The Labute approximate surface area is 171 Å². The van der Waals surface area contributed by atoms with Crippen LogP contribution in [0.1, 0.15) is 11.1 Å². The SMILES string of the molecule is OC(COc1cccc(-c2ccc(Cl)cc2)c1)CN1CCc2ccccc2C1. The zero-order valence-electron chi connectivity index (χ0n) is 15.7. The van der Waals surface area contributed by atoms with Gasteiger partial charge in [-0.05, 0) is 52.9 Å². The molecule has 0 fully saturated rings. The molecule has 1 aliphatic rings. The zero-order valence-corrected chi connectivity index (χ0v) is 16.5. The molecule has 1 unspecified atom stereocenters. The average Bonchev–Trinajstić information content (AvgIpc) is 2.73. The molecular formula is C24H24ClNO2. The molecule has 1 atom stereocenters. The summed E-state index contributed by atoms with van der Waals surface area (Å²) < 4.78 is 5.86. The quantitative estimate of drug-likeness (QED) is 0.652. The largest absolute Gasteiger partial charge is 0.491 e. The second kappa shape index (κ2) is 8.78. The van der Waals surface area contributed by atoms with E-state index in [1.807, 2.05) is 48.5 Å². The topological polar surface area (TPSA) is 32.7 Å². The van der Waals surface area contributed by atoms with Crippen LogP contribution < -0.4 is 4.74 Å². The smallest absolute Gasteiger partial charge is 0.120 e. The van der Waals surface area contributed by atoms with Crippen LogP contribution in [0.25, 0.3) is 11.1 Å². The van der Waals surface area contributed by atoms with E-state index in [1.165, 1.54) is 11.1 Å². The number of β-amino-alcohol motifs (C(OH)–C–C–N with tert-alkyl or cyclic N) is 1. The molecule has 4 rings (SSSR count). The third-order valence-corrected chi connectivity index (χ3v) is 5.38. The minimum Gasteiger partial charge on any atom is -0.491 e. The van der Waals surface area contributed by atoms with E-state index in [9.17, 15) is 5.11 Å². The van der Waals surface area contributed by atoms with E-state index in [4.69, 9.17) is 16.3 Å². The Morgan fingerprint density at radius 1 is 0.929 bits per heavy atom. The van der Waals surface area contributed by atoms with Gasteiger partial charge in [0.05, 0.1) is 0 Å². The van der Waals surface area contributed by atoms with Crippen molar-refractivity contribution >= 4 is 11.6 Å². The van der Waals surface area contributed by atoms with Gasteiger partial charge in [-0.3, -0.25) is 4.90 Å². The van der Waals surface area contributed by atoms with Gasteiger partial charge in [0.25, 0.3) is 0 Å². The Morgan fingerprint density at radius 2 is 1.71 bits per heavy atom. The van der Waals surface area contributed by atoms with Gasteiger partial charge in [-0.15, -0.1) is 0 Å². The highest BCUT2D eigenvalue weighted by atomic mass is 35.5. The van der Waals surface area contributed by atoms with Crippen LogP contribution in [-0.4, -0.2) is 35.8 Å². The standard InChI is InChI=1S/C24H24ClNO2/c25-22-10-8-19(9-11-22)20-6-3-7-24(14-20)28-17-23(27)16-26-13-12-18-4-1-2-5-21(18)15-26/h1-11,14,23,27H,12-13,15-17H2. The van der Waals surface area contributed by atoms with Crippen LogP contribution in [0.2, 0.25) is 5.02 Å². The van der Waals surface area contributed by atoms with Crippen molar-refractivity contribution in [2.24, 2.45) is 0 Å². The van der Waals surface area contributed by atoms with E-state index in [2.05, 4.69) is 29.2 Å². The molecule has 3 aromatic rings. The Kier molecular flexibility index (Phi) is 5.96. The van der Waals surface area contributed by atoms with E-state index in [0.717, 1.165) is 41.4 Å². The number of hydrogen-bond acceptors (Lipinski definition) is 3. The van der Waals surface area contributed by atoms with Gasteiger partial charge in [-0.25, -0.2) is 0 Å². The Bertz CT molecular complexity index is 926. The van der Waals surface area contributed by atoms with Gasteiger partial charge in [0.15, 0.2) is 0 Å². The summed E-state index contributed by atoms with van der Waals surface area (Å²) in [5, 5.41) is 11.2. The van der Waals surface area contributed by atoms with Crippen molar-refractivity contribution < 1.29 is 9.84 Å². The van der Waals surface area contributed by atoms with Gasteiger partial charge in [0.2, 0.25) is 0 Å². The fourth-order valence-corrected chi connectivity index (χ4v) is 3.79. The summed E-state index contributed by atoms with van der Waals surface area (Å²) in [5.41, 5.74) is 4.93. The number of ether oxygens (including phenoxy) is 1. The average molecular weight is 394 g/mol. The number of halogens is 1. The molecule has 0 amide bonds. The number of benzene rings is 3. The zero-order chi connectivity index (χ0) is 19.3. The number of aliphatic hydroxyl groups excluding tert-OH is 1. The van der Waals surface area contributed by atoms with Gasteiger partial charge < -0.3 is 9.84 Å². The third kappa shape index (κ3) is 4.74. The normalized spacial score (nSPS) is 15.1. The van der Waals surface area contributed by atoms with Crippen molar-refractivity contribution in [1.82, 2.24) is 4.90 Å². The number of fused-ring (bicyclic) bond motifs is 1. The van der Waals surface area contributed by atoms with Crippen molar-refractivity contribution in [1.29, 1.82) is 0 Å². The predicted octanol–water partition coefficient (Wildman–Crippen LogP) is 4.81.